The lowest BCUT2D eigenvalue weighted by molar-refractivity contribution is 0.120. The zero-order valence-electron chi connectivity index (χ0n) is 19.0. The second-order valence-electron chi connectivity index (χ2n) is 8.19. The van der Waals surface area contributed by atoms with Crippen LogP contribution in [0.3, 0.4) is 0 Å². The molecule has 1 aromatic carbocycles. The molecule has 2 aliphatic rings. The Morgan fingerprint density at radius 1 is 0.938 bits per heavy atom. The molecule has 3 heterocycles. The highest BCUT2D eigenvalue weighted by Gasteiger charge is 2.24. The van der Waals surface area contributed by atoms with Gasteiger partial charge in [-0.05, 0) is 43.5 Å². The summed E-state index contributed by atoms with van der Waals surface area (Å²) in [7, 11) is 1.76. The van der Waals surface area contributed by atoms with Crippen LogP contribution in [0.25, 0.3) is 0 Å². The molecule has 0 aliphatic carbocycles. The van der Waals surface area contributed by atoms with E-state index in [9.17, 15) is 0 Å². The Labute approximate surface area is 191 Å². The number of rotatable bonds is 3. The van der Waals surface area contributed by atoms with Gasteiger partial charge >= 0.3 is 0 Å². The van der Waals surface area contributed by atoms with Crippen LogP contribution in [0, 0.1) is 0 Å². The Hall–Kier alpha value is -2.64. The second-order valence-corrected chi connectivity index (χ2v) is 8.19. The summed E-state index contributed by atoms with van der Waals surface area (Å²) in [6.45, 7) is 7.08. The summed E-state index contributed by atoms with van der Waals surface area (Å²) in [4.78, 5) is 14.5. The molecule has 0 atom stereocenters. The van der Waals surface area contributed by atoms with E-state index in [0.29, 0.717) is 18.2 Å². The van der Waals surface area contributed by atoms with Crippen molar-refractivity contribution in [2.75, 3.05) is 59.6 Å². The van der Waals surface area contributed by atoms with Gasteiger partial charge in [0.05, 0.1) is 18.8 Å². The lowest BCUT2D eigenvalue weighted by atomic mass is 10.1. The summed E-state index contributed by atoms with van der Waals surface area (Å²) in [6.07, 6.45) is 6.17. The largest absolute Gasteiger partial charge is 0.490 e. The Morgan fingerprint density at radius 2 is 1.75 bits per heavy atom. The monoisotopic (exact) mass is 438 g/mol. The Balaban J connectivity index is 1.61. The maximum Gasteiger partial charge on any atom is 0.230 e. The standard InChI is InChI=1S/C25H34N4O3/c1-30-20-18-28-14-16-29(17-15-28)24-21-9-8-13-27-25(21)32-23-11-5-4-10-22(23)31-19-7-3-2-6-12-26-24/h4-5,8-11,13H,2-3,6-7,12,14-20H2,1H3. The number of methoxy groups -OCH3 is 1. The number of fused-ring (bicyclic) bond motifs is 2. The lowest BCUT2D eigenvalue weighted by Crippen LogP contribution is -2.49. The number of ether oxygens (including phenoxy) is 3. The third kappa shape index (κ3) is 5.99. The quantitative estimate of drug-likeness (QED) is 0.726. The van der Waals surface area contributed by atoms with E-state index in [1.807, 2.05) is 30.3 Å². The number of para-hydroxylation sites is 2. The van der Waals surface area contributed by atoms with Gasteiger partial charge in [0.25, 0.3) is 0 Å². The highest BCUT2D eigenvalue weighted by molar-refractivity contribution is 6.00. The number of aromatic nitrogens is 1. The predicted molar refractivity (Wildman–Crippen MR) is 126 cm³/mol. The number of pyridine rings is 1. The van der Waals surface area contributed by atoms with Crippen molar-refractivity contribution in [2.45, 2.75) is 25.7 Å². The number of hydrogen-bond donors (Lipinski definition) is 0. The van der Waals surface area contributed by atoms with E-state index in [-0.39, 0.29) is 0 Å². The minimum Gasteiger partial charge on any atom is -0.490 e. The topological polar surface area (TPSA) is 59.4 Å². The van der Waals surface area contributed by atoms with E-state index in [1.165, 1.54) is 0 Å². The zero-order chi connectivity index (χ0) is 22.0. The molecule has 7 nitrogen and oxygen atoms in total. The van der Waals surface area contributed by atoms with Gasteiger partial charge in [-0.2, -0.15) is 0 Å². The molecule has 0 unspecified atom stereocenters. The van der Waals surface area contributed by atoms with Crippen LogP contribution >= 0.6 is 0 Å². The molecule has 172 valence electrons. The first-order valence-electron chi connectivity index (χ1n) is 11.7. The molecule has 0 radical (unpaired) electrons. The first-order chi connectivity index (χ1) is 15.8. The van der Waals surface area contributed by atoms with Crippen molar-refractivity contribution < 1.29 is 14.2 Å². The van der Waals surface area contributed by atoms with Crippen LogP contribution in [0.2, 0.25) is 0 Å². The van der Waals surface area contributed by atoms with E-state index in [4.69, 9.17) is 19.2 Å². The average molecular weight is 439 g/mol. The fourth-order valence-corrected chi connectivity index (χ4v) is 4.09. The molecule has 0 spiro atoms. The van der Waals surface area contributed by atoms with E-state index in [0.717, 1.165) is 88.7 Å². The smallest absolute Gasteiger partial charge is 0.230 e. The molecule has 1 saturated heterocycles. The number of benzene rings is 1. The van der Waals surface area contributed by atoms with Gasteiger partial charge in [-0.3, -0.25) is 9.89 Å². The highest BCUT2D eigenvalue weighted by Crippen LogP contribution is 2.33. The molecule has 0 N–H and O–H groups in total. The molecule has 2 aliphatic heterocycles. The van der Waals surface area contributed by atoms with Crippen molar-refractivity contribution in [2.24, 2.45) is 4.99 Å². The molecule has 4 rings (SSSR count). The Bertz CT molecular complexity index is 881. The number of amidine groups is 1. The van der Waals surface area contributed by atoms with Crippen molar-refractivity contribution in [3.05, 3.63) is 48.2 Å². The first-order valence-corrected chi connectivity index (χ1v) is 11.7. The fourth-order valence-electron chi connectivity index (χ4n) is 4.09. The van der Waals surface area contributed by atoms with Crippen LogP contribution in [-0.4, -0.2) is 80.2 Å². The van der Waals surface area contributed by atoms with Gasteiger partial charge in [0.15, 0.2) is 11.5 Å². The van der Waals surface area contributed by atoms with Crippen LogP contribution < -0.4 is 9.47 Å². The maximum atomic E-state index is 6.31. The summed E-state index contributed by atoms with van der Waals surface area (Å²) in [5.41, 5.74) is 0.935. The van der Waals surface area contributed by atoms with Crippen molar-refractivity contribution in [3.63, 3.8) is 0 Å². The number of hydrogen-bond acceptors (Lipinski definition) is 7. The number of piperazine rings is 1. The molecule has 1 aromatic heterocycles. The van der Waals surface area contributed by atoms with Crippen LogP contribution in [0.1, 0.15) is 31.2 Å². The molecule has 2 aromatic rings. The van der Waals surface area contributed by atoms with Gasteiger partial charge < -0.3 is 19.1 Å². The third-order valence-corrected chi connectivity index (χ3v) is 5.92. The van der Waals surface area contributed by atoms with Gasteiger partial charge in [0.1, 0.15) is 5.84 Å². The van der Waals surface area contributed by atoms with E-state index < -0.39 is 0 Å². The van der Waals surface area contributed by atoms with Crippen LogP contribution in [-0.2, 0) is 4.74 Å². The van der Waals surface area contributed by atoms with Crippen LogP contribution in [0.4, 0.5) is 0 Å². The highest BCUT2D eigenvalue weighted by atomic mass is 16.5. The van der Waals surface area contributed by atoms with E-state index in [2.05, 4.69) is 20.9 Å². The SMILES string of the molecule is COCCN1CCN(C2=NCCCCCCOc3ccccc3Oc3ncccc32)CC1. The zero-order valence-corrected chi connectivity index (χ0v) is 19.0. The van der Waals surface area contributed by atoms with E-state index in [1.54, 1.807) is 13.3 Å². The summed E-state index contributed by atoms with van der Waals surface area (Å²) < 4.78 is 17.6. The Morgan fingerprint density at radius 3 is 2.59 bits per heavy atom. The third-order valence-electron chi connectivity index (χ3n) is 5.92. The second kappa shape index (κ2) is 11.8. The lowest BCUT2D eigenvalue weighted by Gasteiger charge is -2.36. The van der Waals surface area contributed by atoms with Gasteiger partial charge in [-0.1, -0.05) is 18.6 Å². The molecule has 7 heteroatoms. The Kier molecular flexibility index (Phi) is 8.34. The molecule has 0 bridgehead atoms. The molecule has 1 fully saturated rings. The summed E-state index contributed by atoms with van der Waals surface area (Å²) in [5.74, 6) is 3.00. The average Bonchev–Trinajstić information content (AvgIpc) is 2.83. The van der Waals surface area contributed by atoms with Crippen molar-refractivity contribution in [1.82, 2.24) is 14.8 Å². The minimum absolute atomic E-state index is 0.571. The van der Waals surface area contributed by atoms with Crippen LogP contribution in [0.5, 0.6) is 17.4 Å². The van der Waals surface area contributed by atoms with Gasteiger partial charge in [0.2, 0.25) is 5.88 Å². The van der Waals surface area contributed by atoms with E-state index >= 15 is 0 Å². The predicted octanol–water partition coefficient (Wildman–Crippen LogP) is 3.84. The van der Waals surface area contributed by atoms with Gasteiger partial charge in [0, 0.05) is 52.6 Å². The van der Waals surface area contributed by atoms with Gasteiger partial charge in [-0.15, -0.1) is 0 Å². The molecule has 0 amide bonds. The fraction of sp³-hybridized carbons (Fsp3) is 0.520. The summed E-state index contributed by atoms with van der Waals surface area (Å²) in [5, 5.41) is 0. The summed E-state index contributed by atoms with van der Waals surface area (Å²) >= 11 is 0. The molecular formula is C25H34N4O3. The summed E-state index contributed by atoms with van der Waals surface area (Å²) in [6, 6.07) is 11.8. The molecular weight excluding hydrogens is 404 g/mol. The first kappa shape index (κ1) is 22.6. The normalized spacial score (nSPS) is 18.4. The number of aliphatic imine (C=N–C) groups is 1. The van der Waals surface area contributed by atoms with Crippen LogP contribution in [0.15, 0.2) is 47.6 Å². The van der Waals surface area contributed by atoms with Crippen molar-refractivity contribution in [1.29, 1.82) is 0 Å². The minimum atomic E-state index is 0.571. The number of nitrogens with zero attached hydrogens (tertiary/aromatic N) is 4. The van der Waals surface area contributed by atoms with Crippen molar-refractivity contribution in [3.8, 4) is 17.4 Å². The van der Waals surface area contributed by atoms with Gasteiger partial charge in [-0.25, -0.2) is 4.98 Å². The molecule has 32 heavy (non-hydrogen) atoms. The maximum absolute atomic E-state index is 6.31. The molecule has 0 saturated carbocycles. The van der Waals surface area contributed by atoms with Crippen molar-refractivity contribution >= 4 is 5.84 Å².